The van der Waals surface area contributed by atoms with Crippen LogP contribution in [0.5, 0.6) is 0 Å². The second kappa shape index (κ2) is 4.21. The lowest BCUT2D eigenvalue weighted by Gasteiger charge is -2.07. The minimum atomic E-state index is 0.492. The largest absolute Gasteiger partial charge is 0.440 e. The topological polar surface area (TPSA) is 59.6 Å². The molecule has 2 aromatic heterocycles. The van der Waals surface area contributed by atoms with Crippen LogP contribution in [-0.2, 0) is 6.54 Å². The molecule has 86 valence electrons. The van der Waals surface area contributed by atoms with Crippen LogP contribution in [0.15, 0.2) is 10.8 Å². The Morgan fingerprint density at radius 3 is 2.88 bits per heavy atom. The normalized spacial score (nSPS) is 11.2. The van der Waals surface area contributed by atoms with Crippen LogP contribution < -0.4 is 0 Å². The van der Waals surface area contributed by atoms with Gasteiger partial charge in [0.25, 0.3) is 0 Å². The predicted molar refractivity (Wildman–Crippen MR) is 62.5 cm³/mol. The van der Waals surface area contributed by atoms with E-state index in [0.29, 0.717) is 22.3 Å². The SMILES string of the molecule is Cc1ncoc1-c1n[nH]c(=S)n1CC(C)C. The highest BCUT2D eigenvalue weighted by Crippen LogP contribution is 2.21. The molecule has 0 fully saturated rings. The van der Waals surface area contributed by atoms with Gasteiger partial charge in [0.05, 0.1) is 5.69 Å². The summed E-state index contributed by atoms with van der Waals surface area (Å²) in [5, 5.41) is 6.97. The van der Waals surface area contributed by atoms with E-state index in [1.54, 1.807) is 0 Å². The molecule has 0 aliphatic rings. The second-order valence-corrected chi connectivity index (χ2v) is 4.51. The highest BCUT2D eigenvalue weighted by molar-refractivity contribution is 7.71. The first-order valence-electron chi connectivity index (χ1n) is 5.15. The molecule has 6 heteroatoms. The summed E-state index contributed by atoms with van der Waals surface area (Å²) in [4.78, 5) is 4.05. The fourth-order valence-electron chi connectivity index (χ4n) is 1.54. The van der Waals surface area contributed by atoms with Gasteiger partial charge in [-0.1, -0.05) is 13.8 Å². The average Bonchev–Trinajstić information content (AvgIpc) is 2.75. The zero-order valence-electron chi connectivity index (χ0n) is 9.52. The summed E-state index contributed by atoms with van der Waals surface area (Å²) in [5.41, 5.74) is 0.819. The minimum Gasteiger partial charge on any atom is -0.440 e. The quantitative estimate of drug-likeness (QED) is 0.835. The Bertz CT molecular complexity index is 537. The average molecular weight is 238 g/mol. The number of hydrogen-bond acceptors (Lipinski definition) is 4. The molecule has 0 radical (unpaired) electrons. The molecule has 0 saturated carbocycles. The molecule has 2 heterocycles. The van der Waals surface area contributed by atoms with Crippen LogP contribution in [0.1, 0.15) is 19.5 Å². The molecule has 0 amide bonds. The molecule has 2 rings (SSSR count). The Morgan fingerprint density at radius 2 is 2.31 bits per heavy atom. The molecule has 0 aliphatic carbocycles. The number of nitrogens with one attached hydrogen (secondary N) is 1. The lowest BCUT2D eigenvalue weighted by molar-refractivity contribution is 0.508. The third-order valence-corrected chi connectivity index (χ3v) is 2.57. The molecule has 0 atom stereocenters. The fourth-order valence-corrected chi connectivity index (χ4v) is 1.75. The van der Waals surface area contributed by atoms with Crippen molar-refractivity contribution in [3.05, 3.63) is 16.9 Å². The van der Waals surface area contributed by atoms with Crippen molar-refractivity contribution in [2.45, 2.75) is 27.3 Å². The maximum atomic E-state index is 5.33. The van der Waals surface area contributed by atoms with Crippen LogP contribution in [0.4, 0.5) is 0 Å². The minimum absolute atomic E-state index is 0.492. The number of hydrogen-bond donors (Lipinski definition) is 1. The van der Waals surface area contributed by atoms with Gasteiger partial charge in [-0.25, -0.2) is 4.98 Å². The van der Waals surface area contributed by atoms with Gasteiger partial charge in [-0.2, -0.15) is 5.10 Å². The smallest absolute Gasteiger partial charge is 0.200 e. The van der Waals surface area contributed by atoms with E-state index in [2.05, 4.69) is 29.0 Å². The molecule has 0 spiro atoms. The van der Waals surface area contributed by atoms with Gasteiger partial charge < -0.3 is 4.42 Å². The third kappa shape index (κ3) is 1.92. The number of oxazole rings is 1. The Balaban J connectivity index is 2.50. The van der Waals surface area contributed by atoms with Crippen LogP contribution in [0.3, 0.4) is 0 Å². The van der Waals surface area contributed by atoms with Crippen LogP contribution in [-0.4, -0.2) is 19.7 Å². The summed E-state index contributed by atoms with van der Waals surface area (Å²) in [6.07, 6.45) is 1.42. The molecule has 0 aliphatic heterocycles. The number of aromatic nitrogens is 4. The summed E-state index contributed by atoms with van der Waals surface area (Å²) >= 11 is 5.19. The van der Waals surface area contributed by atoms with E-state index >= 15 is 0 Å². The van der Waals surface area contributed by atoms with Crippen molar-refractivity contribution in [3.63, 3.8) is 0 Å². The van der Waals surface area contributed by atoms with E-state index in [-0.39, 0.29) is 0 Å². The Hall–Kier alpha value is -1.43. The van der Waals surface area contributed by atoms with Gasteiger partial charge in [-0.05, 0) is 25.1 Å². The molecule has 0 aromatic carbocycles. The number of H-pyrrole nitrogens is 1. The monoisotopic (exact) mass is 238 g/mol. The van der Waals surface area contributed by atoms with Gasteiger partial charge >= 0.3 is 0 Å². The van der Waals surface area contributed by atoms with Gasteiger partial charge in [0.15, 0.2) is 22.7 Å². The zero-order valence-corrected chi connectivity index (χ0v) is 10.3. The number of rotatable bonds is 3. The molecule has 0 bridgehead atoms. The number of nitrogens with zero attached hydrogens (tertiary/aromatic N) is 3. The summed E-state index contributed by atoms with van der Waals surface area (Å²) in [7, 11) is 0. The van der Waals surface area contributed by atoms with E-state index in [1.807, 2.05) is 11.5 Å². The molecule has 0 saturated heterocycles. The highest BCUT2D eigenvalue weighted by atomic mass is 32.1. The van der Waals surface area contributed by atoms with Crippen LogP contribution in [0, 0.1) is 17.6 Å². The summed E-state index contributed by atoms with van der Waals surface area (Å²) < 4.78 is 7.87. The molecule has 0 unspecified atom stereocenters. The van der Waals surface area contributed by atoms with E-state index in [0.717, 1.165) is 12.2 Å². The second-order valence-electron chi connectivity index (χ2n) is 4.12. The highest BCUT2D eigenvalue weighted by Gasteiger charge is 2.15. The Labute approximate surface area is 98.5 Å². The van der Waals surface area contributed by atoms with E-state index in [1.165, 1.54) is 6.39 Å². The maximum absolute atomic E-state index is 5.33. The van der Waals surface area contributed by atoms with Gasteiger partial charge in [0, 0.05) is 6.54 Å². The van der Waals surface area contributed by atoms with Gasteiger partial charge in [-0.15, -0.1) is 0 Å². The van der Waals surface area contributed by atoms with Crippen molar-refractivity contribution in [1.29, 1.82) is 0 Å². The van der Waals surface area contributed by atoms with Crippen molar-refractivity contribution in [2.75, 3.05) is 0 Å². The first kappa shape index (κ1) is 11.1. The van der Waals surface area contributed by atoms with Gasteiger partial charge in [-0.3, -0.25) is 9.67 Å². The van der Waals surface area contributed by atoms with Crippen LogP contribution >= 0.6 is 12.2 Å². The number of aromatic amines is 1. The van der Waals surface area contributed by atoms with Crippen LogP contribution in [0.25, 0.3) is 11.6 Å². The summed E-state index contributed by atoms with van der Waals surface area (Å²) in [6.45, 7) is 6.96. The van der Waals surface area contributed by atoms with Crippen molar-refractivity contribution in [1.82, 2.24) is 19.7 Å². The van der Waals surface area contributed by atoms with E-state index in [4.69, 9.17) is 16.6 Å². The molecular formula is C10H14N4OS. The fraction of sp³-hybridized carbons (Fsp3) is 0.500. The lowest BCUT2D eigenvalue weighted by Crippen LogP contribution is -2.06. The standard InChI is InChI=1S/C10H14N4OS/c1-6(2)4-14-9(12-13-10(14)16)8-7(3)11-5-15-8/h5-6H,4H2,1-3H3,(H,13,16). The summed E-state index contributed by atoms with van der Waals surface area (Å²) in [6, 6.07) is 0. The lowest BCUT2D eigenvalue weighted by atomic mass is 10.2. The molecular weight excluding hydrogens is 224 g/mol. The van der Waals surface area contributed by atoms with Crippen molar-refractivity contribution in [3.8, 4) is 11.6 Å². The Morgan fingerprint density at radius 1 is 1.56 bits per heavy atom. The first-order valence-corrected chi connectivity index (χ1v) is 5.56. The third-order valence-electron chi connectivity index (χ3n) is 2.25. The Kier molecular flexibility index (Phi) is 2.91. The molecule has 2 aromatic rings. The maximum Gasteiger partial charge on any atom is 0.200 e. The predicted octanol–water partition coefficient (Wildman–Crippen LogP) is 2.56. The van der Waals surface area contributed by atoms with Crippen LogP contribution in [0.2, 0.25) is 0 Å². The molecule has 1 N–H and O–H groups in total. The summed E-state index contributed by atoms with van der Waals surface area (Å²) in [5.74, 6) is 1.88. The van der Waals surface area contributed by atoms with Crippen molar-refractivity contribution in [2.24, 2.45) is 5.92 Å². The van der Waals surface area contributed by atoms with E-state index < -0.39 is 0 Å². The van der Waals surface area contributed by atoms with Crippen molar-refractivity contribution >= 4 is 12.2 Å². The number of aryl methyl sites for hydroxylation is 1. The molecule has 16 heavy (non-hydrogen) atoms. The van der Waals surface area contributed by atoms with Gasteiger partial charge in [0.1, 0.15) is 0 Å². The molecule has 5 nitrogen and oxygen atoms in total. The van der Waals surface area contributed by atoms with Gasteiger partial charge in [0.2, 0.25) is 0 Å². The van der Waals surface area contributed by atoms with Crippen molar-refractivity contribution < 1.29 is 4.42 Å². The zero-order chi connectivity index (χ0) is 11.7. The first-order chi connectivity index (χ1) is 7.59. The van der Waals surface area contributed by atoms with E-state index in [9.17, 15) is 0 Å².